The number of aromatic carboxylic acids is 1. The molecule has 108 valence electrons. The summed E-state index contributed by atoms with van der Waals surface area (Å²) in [5.74, 6) is -1.07. The fourth-order valence-corrected chi connectivity index (χ4v) is 1.77. The Morgan fingerprint density at radius 2 is 2.26 bits per heavy atom. The van der Waals surface area contributed by atoms with Crippen molar-refractivity contribution in [3.63, 3.8) is 0 Å². The Labute approximate surface area is 112 Å². The van der Waals surface area contributed by atoms with E-state index in [1.807, 2.05) is 0 Å². The average molecular weight is 270 g/mol. The molecule has 7 heteroatoms. The molecule has 1 heterocycles. The van der Waals surface area contributed by atoms with Crippen LogP contribution in [0.5, 0.6) is 0 Å². The Morgan fingerprint density at radius 1 is 1.53 bits per heavy atom. The molecule has 0 aliphatic rings. The van der Waals surface area contributed by atoms with Crippen molar-refractivity contribution in [1.29, 1.82) is 0 Å². The average Bonchev–Trinajstić information content (AvgIpc) is 2.81. The third-order valence-electron chi connectivity index (χ3n) is 2.89. The summed E-state index contributed by atoms with van der Waals surface area (Å²) in [5.41, 5.74) is 0.0976. The SMILES string of the molecule is CC(C)(CCCO)CNCCn1cc(C(=O)O)nn1. The number of aliphatic hydroxyl groups excluding tert-OH is 1. The number of carboxylic acid groups (broad SMARTS) is 1. The Hall–Kier alpha value is -1.47. The van der Waals surface area contributed by atoms with Gasteiger partial charge in [-0.2, -0.15) is 0 Å². The molecule has 0 fully saturated rings. The molecule has 0 amide bonds. The maximum atomic E-state index is 10.6. The molecule has 0 atom stereocenters. The smallest absolute Gasteiger partial charge is 0.358 e. The number of hydrogen-bond donors (Lipinski definition) is 3. The van der Waals surface area contributed by atoms with Crippen LogP contribution < -0.4 is 5.32 Å². The predicted molar refractivity (Wildman–Crippen MR) is 70.0 cm³/mol. The minimum atomic E-state index is -1.07. The summed E-state index contributed by atoms with van der Waals surface area (Å²) in [7, 11) is 0. The molecule has 0 aliphatic carbocycles. The Bertz CT molecular complexity index is 403. The van der Waals surface area contributed by atoms with Gasteiger partial charge in [0.25, 0.3) is 0 Å². The van der Waals surface area contributed by atoms with Crippen LogP contribution in [0.3, 0.4) is 0 Å². The first-order chi connectivity index (χ1) is 8.94. The second kappa shape index (κ2) is 7.20. The van der Waals surface area contributed by atoms with Crippen molar-refractivity contribution >= 4 is 5.97 Å². The zero-order valence-corrected chi connectivity index (χ0v) is 11.5. The highest BCUT2D eigenvalue weighted by Gasteiger charge is 2.16. The summed E-state index contributed by atoms with van der Waals surface area (Å²) < 4.78 is 1.51. The third kappa shape index (κ3) is 5.80. The van der Waals surface area contributed by atoms with Crippen molar-refractivity contribution in [2.24, 2.45) is 5.41 Å². The maximum Gasteiger partial charge on any atom is 0.358 e. The second-order valence-electron chi connectivity index (χ2n) is 5.34. The topological polar surface area (TPSA) is 100 Å². The first-order valence-electron chi connectivity index (χ1n) is 6.39. The van der Waals surface area contributed by atoms with E-state index in [1.165, 1.54) is 10.9 Å². The van der Waals surface area contributed by atoms with Gasteiger partial charge in [-0.05, 0) is 18.3 Å². The van der Waals surface area contributed by atoms with Crippen LogP contribution in [0.1, 0.15) is 37.2 Å². The number of aromatic nitrogens is 3. The minimum absolute atomic E-state index is 0.0386. The summed E-state index contributed by atoms with van der Waals surface area (Å²) in [6.45, 7) is 6.64. The van der Waals surface area contributed by atoms with Gasteiger partial charge in [0.2, 0.25) is 0 Å². The van der Waals surface area contributed by atoms with Gasteiger partial charge in [0.1, 0.15) is 0 Å². The number of nitrogens with zero attached hydrogens (tertiary/aromatic N) is 3. The molecule has 19 heavy (non-hydrogen) atoms. The number of carboxylic acids is 1. The van der Waals surface area contributed by atoms with Crippen molar-refractivity contribution < 1.29 is 15.0 Å². The van der Waals surface area contributed by atoms with Gasteiger partial charge in [-0.15, -0.1) is 5.10 Å². The quantitative estimate of drug-likeness (QED) is 0.560. The molecular formula is C12H22N4O3. The van der Waals surface area contributed by atoms with Crippen LogP contribution in [0.15, 0.2) is 6.20 Å². The normalized spacial score (nSPS) is 11.7. The van der Waals surface area contributed by atoms with E-state index in [2.05, 4.69) is 29.5 Å². The van der Waals surface area contributed by atoms with E-state index in [9.17, 15) is 4.79 Å². The first kappa shape index (κ1) is 15.6. The molecule has 0 unspecified atom stereocenters. The van der Waals surface area contributed by atoms with Gasteiger partial charge in [-0.1, -0.05) is 19.1 Å². The Kier molecular flexibility index (Phi) is 5.91. The summed E-state index contributed by atoms with van der Waals surface area (Å²) in [6, 6.07) is 0. The lowest BCUT2D eigenvalue weighted by atomic mass is 9.88. The molecule has 1 rings (SSSR count). The van der Waals surface area contributed by atoms with Crippen molar-refractivity contribution in [2.75, 3.05) is 19.7 Å². The second-order valence-corrected chi connectivity index (χ2v) is 5.34. The predicted octanol–water partition coefficient (Wildman–Crippen LogP) is 0.365. The Morgan fingerprint density at radius 3 is 2.84 bits per heavy atom. The van der Waals surface area contributed by atoms with Crippen molar-refractivity contribution in [3.8, 4) is 0 Å². The molecule has 0 saturated heterocycles. The molecule has 0 saturated carbocycles. The molecular weight excluding hydrogens is 248 g/mol. The van der Waals surface area contributed by atoms with E-state index in [1.54, 1.807) is 0 Å². The maximum absolute atomic E-state index is 10.6. The van der Waals surface area contributed by atoms with E-state index in [0.717, 1.165) is 19.4 Å². The van der Waals surface area contributed by atoms with Crippen LogP contribution in [-0.4, -0.2) is 50.9 Å². The lowest BCUT2D eigenvalue weighted by Crippen LogP contribution is -2.31. The van der Waals surface area contributed by atoms with Gasteiger partial charge in [-0.3, -0.25) is 4.68 Å². The van der Waals surface area contributed by atoms with Crippen LogP contribution in [0.2, 0.25) is 0 Å². The van der Waals surface area contributed by atoms with E-state index in [0.29, 0.717) is 13.1 Å². The van der Waals surface area contributed by atoms with Crippen LogP contribution in [0.4, 0.5) is 0 Å². The first-order valence-corrected chi connectivity index (χ1v) is 6.39. The molecule has 0 aliphatic heterocycles. The lowest BCUT2D eigenvalue weighted by Gasteiger charge is -2.24. The minimum Gasteiger partial charge on any atom is -0.476 e. The van der Waals surface area contributed by atoms with Crippen molar-refractivity contribution in [1.82, 2.24) is 20.3 Å². The molecule has 0 radical (unpaired) electrons. The lowest BCUT2D eigenvalue weighted by molar-refractivity contribution is 0.0690. The molecule has 0 spiro atoms. The third-order valence-corrected chi connectivity index (χ3v) is 2.89. The van der Waals surface area contributed by atoms with Gasteiger partial charge in [0.05, 0.1) is 12.7 Å². The van der Waals surface area contributed by atoms with Crippen molar-refractivity contribution in [2.45, 2.75) is 33.2 Å². The number of carbonyl (C=O) groups is 1. The molecule has 1 aromatic rings. The highest BCUT2D eigenvalue weighted by Crippen LogP contribution is 2.20. The summed E-state index contributed by atoms with van der Waals surface area (Å²) in [5, 5.41) is 28.1. The van der Waals surface area contributed by atoms with Gasteiger partial charge >= 0.3 is 5.97 Å². The van der Waals surface area contributed by atoms with Crippen molar-refractivity contribution in [3.05, 3.63) is 11.9 Å². The number of rotatable bonds is 9. The van der Waals surface area contributed by atoms with E-state index >= 15 is 0 Å². The van der Waals surface area contributed by atoms with Gasteiger partial charge in [-0.25, -0.2) is 4.79 Å². The number of hydrogen-bond acceptors (Lipinski definition) is 5. The van der Waals surface area contributed by atoms with E-state index < -0.39 is 5.97 Å². The molecule has 0 aromatic carbocycles. The van der Waals surface area contributed by atoms with Crippen LogP contribution in [0, 0.1) is 5.41 Å². The fraction of sp³-hybridized carbons (Fsp3) is 0.750. The van der Waals surface area contributed by atoms with Crippen LogP contribution in [-0.2, 0) is 6.54 Å². The largest absolute Gasteiger partial charge is 0.476 e. The summed E-state index contributed by atoms with van der Waals surface area (Å²) in [6.07, 6.45) is 3.18. The van der Waals surface area contributed by atoms with Crippen LogP contribution in [0.25, 0.3) is 0 Å². The molecule has 7 nitrogen and oxygen atoms in total. The summed E-state index contributed by atoms with van der Waals surface area (Å²) in [4.78, 5) is 10.6. The van der Waals surface area contributed by atoms with Gasteiger partial charge < -0.3 is 15.5 Å². The number of aliphatic hydroxyl groups is 1. The van der Waals surface area contributed by atoms with Gasteiger partial charge in [0, 0.05) is 19.7 Å². The van der Waals surface area contributed by atoms with Crippen LogP contribution >= 0.6 is 0 Å². The standard InChI is InChI=1S/C12H22N4O3/c1-12(2,4-3-7-17)9-13-5-6-16-8-10(11(18)19)14-15-16/h8,13,17H,3-7,9H2,1-2H3,(H,18,19). The highest BCUT2D eigenvalue weighted by molar-refractivity contribution is 5.84. The van der Waals surface area contributed by atoms with E-state index in [-0.39, 0.29) is 17.7 Å². The monoisotopic (exact) mass is 270 g/mol. The molecule has 0 bridgehead atoms. The van der Waals surface area contributed by atoms with E-state index in [4.69, 9.17) is 10.2 Å². The molecule has 1 aromatic heterocycles. The summed E-state index contributed by atoms with van der Waals surface area (Å²) >= 11 is 0. The fourth-order valence-electron chi connectivity index (χ4n) is 1.77. The Balaban J connectivity index is 2.24. The zero-order valence-electron chi connectivity index (χ0n) is 11.5. The molecule has 3 N–H and O–H groups in total. The highest BCUT2D eigenvalue weighted by atomic mass is 16.4. The number of nitrogens with one attached hydrogen (secondary N) is 1. The zero-order chi connectivity index (χ0) is 14.3. The van der Waals surface area contributed by atoms with Gasteiger partial charge in [0.15, 0.2) is 5.69 Å².